The summed E-state index contributed by atoms with van der Waals surface area (Å²) in [5.74, 6) is 0. The van der Waals surface area contributed by atoms with E-state index in [0.29, 0.717) is 22.5 Å². The van der Waals surface area contributed by atoms with E-state index < -0.39 is 0 Å². The van der Waals surface area contributed by atoms with Gasteiger partial charge in [0.05, 0.1) is 0 Å². The quantitative estimate of drug-likeness (QED) is 0.283. The zero-order valence-corrected chi connectivity index (χ0v) is 6.45. The molecular weight excluding hydrogens is 199 g/mol. The molecule has 0 rings (SSSR count). The standard InChI is InChI=1S/O.2H2S.Sn/h;2*1H2;/p-2. The predicted octanol–water partition coefficient (Wildman–Crippen LogP) is -1.04. The summed E-state index contributed by atoms with van der Waals surface area (Å²) in [6.45, 7) is 0. The fraction of sp³-hybridized carbons (Fsp3) is 0. The second kappa shape index (κ2) is 27.7. The van der Waals surface area contributed by atoms with Gasteiger partial charge >= 0.3 is 25.6 Å². The van der Waals surface area contributed by atoms with Crippen LogP contribution in [0.15, 0.2) is 0 Å². The predicted molar refractivity (Wildman–Crippen MR) is 24.0 cm³/mol. The molecule has 0 atom stereocenters. The Morgan fingerprint density at radius 1 is 1.00 bits per heavy atom. The maximum Gasteiger partial charge on any atom is -0.813 e. The van der Waals surface area contributed by atoms with Crippen molar-refractivity contribution in [2.75, 3.05) is 0 Å². The van der Waals surface area contributed by atoms with E-state index in [1.165, 1.54) is 0 Å². The molecule has 0 heterocycles. The zero-order valence-electron chi connectivity index (χ0n) is 1.80. The third kappa shape index (κ3) is 10.3. The maximum atomic E-state index is 8.34. The summed E-state index contributed by atoms with van der Waals surface area (Å²) in [6.07, 6.45) is 0. The SMILES string of the molecule is [O]=[Sn].[SH-].[SH-]. The van der Waals surface area contributed by atoms with Crippen LogP contribution in [0.1, 0.15) is 0 Å². The second-order valence-electron chi connectivity index (χ2n) is 0. The van der Waals surface area contributed by atoms with Crippen LogP contribution in [0.2, 0.25) is 0 Å². The monoisotopic (exact) mass is 202 g/mol. The van der Waals surface area contributed by atoms with Crippen molar-refractivity contribution in [3.8, 4) is 0 Å². The molecule has 26 valence electrons. The van der Waals surface area contributed by atoms with Gasteiger partial charge in [-0.1, -0.05) is 0 Å². The molecule has 0 aromatic rings. The molecule has 4 heteroatoms. The Labute approximate surface area is 52.5 Å². The van der Waals surface area contributed by atoms with Crippen LogP contribution in [0.5, 0.6) is 0 Å². The van der Waals surface area contributed by atoms with Crippen molar-refractivity contribution in [3.63, 3.8) is 0 Å². The van der Waals surface area contributed by atoms with Gasteiger partial charge in [0.15, 0.2) is 0 Å². The van der Waals surface area contributed by atoms with Crippen LogP contribution in [0, 0.1) is 0 Å². The minimum Gasteiger partial charge on any atom is -0.813 e. The smallest absolute Gasteiger partial charge is 0.813 e. The van der Waals surface area contributed by atoms with E-state index in [0.717, 1.165) is 0 Å². The van der Waals surface area contributed by atoms with Gasteiger partial charge in [-0.2, -0.15) is 0 Å². The van der Waals surface area contributed by atoms with E-state index in [2.05, 4.69) is 0 Å². The van der Waals surface area contributed by atoms with Crippen molar-refractivity contribution in [2.24, 2.45) is 0 Å². The number of hydrogen-bond acceptors (Lipinski definition) is 3. The van der Waals surface area contributed by atoms with Crippen molar-refractivity contribution in [2.45, 2.75) is 0 Å². The van der Waals surface area contributed by atoms with Crippen LogP contribution >= 0.6 is 0 Å². The molecule has 0 bridgehead atoms. The van der Waals surface area contributed by atoms with Gasteiger partial charge in [-0.05, 0) is 0 Å². The van der Waals surface area contributed by atoms with Crippen molar-refractivity contribution >= 4 is 49.5 Å². The molecule has 0 aliphatic carbocycles. The normalized spacial score (nSPS) is 1.00. The van der Waals surface area contributed by atoms with Crippen molar-refractivity contribution in [3.05, 3.63) is 0 Å². The van der Waals surface area contributed by atoms with Crippen LogP contribution < -0.4 is 0 Å². The Kier molecular flexibility index (Phi) is 128. The molecule has 0 N–H and O–H groups in total. The van der Waals surface area contributed by atoms with Crippen molar-refractivity contribution in [1.82, 2.24) is 0 Å². The van der Waals surface area contributed by atoms with Crippen LogP contribution in [0.25, 0.3) is 0 Å². The van der Waals surface area contributed by atoms with E-state index in [1.54, 1.807) is 0 Å². The molecule has 2 radical (unpaired) electrons. The molecule has 0 aliphatic rings. The summed E-state index contributed by atoms with van der Waals surface area (Å²) in [4.78, 5) is 0. The van der Waals surface area contributed by atoms with E-state index in [9.17, 15) is 0 Å². The first-order valence-electron chi connectivity index (χ1n) is 0.204. The molecular formula is H2OS2Sn-2. The van der Waals surface area contributed by atoms with E-state index in [4.69, 9.17) is 3.08 Å². The van der Waals surface area contributed by atoms with E-state index >= 15 is 0 Å². The molecule has 1 nitrogen and oxygen atoms in total. The molecule has 0 aromatic carbocycles. The molecule has 0 unspecified atom stereocenters. The summed E-state index contributed by atoms with van der Waals surface area (Å²) in [5.41, 5.74) is 0. The third-order valence-corrected chi connectivity index (χ3v) is 0. The van der Waals surface area contributed by atoms with Crippen LogP contribution in [0.4, 0.5) is 0 Å². The Balaban J connectivity index is -0.00000000500. The summed E-state index contributed by atoms with van der Waals surface area (Å²) in [6, 6.07) is 0. The first-order chi connectivity index (χ1) is 1.00. The maximum absolute atomic E-state index is 8.34. The fourth-order valence-corrected chi connectivity index (χ4v) is 0. The third-order valence-electron chi connectivity index (χ3n) is 0. The Morgan fingerprint density at radius 2 is 1.00 bits per heavy atom. The molecule has 0 spiro atoms. The molecule has 4 heavy (non-hydrogen) atoms. The van der Waals surface area contributed by atoms with Crippen LogP contribution in [-0.4, -0.2) is 22.5 Å². The number of thiol groups is 2. The van der Waals surface area contributed by atoms with Gasteiger partial charge in [-0.25, -0.2) is 0 Å². The Morgan fingerprint density at radius 3 is 1.00 bits per heavy atom. The Hall–Kier alpha value is 1.30. The van der Waals surface area contributed by atoms with Crippen LogP contribution in [-0.2, 0) is 30.1 Å². The summed E-state index contributed by atoms with van der Waals surface area (Å²) in [5, 5.41) is 0. The molecule has 0 saturated heterocycles. The summed E-state index contributed by atoms with van der Waals surface area (Å²) < 4.78 is 8.34. The van der Waals surface area contributed by atoms with Gasteiger partial charge in [-0.3, -0.25) is 0 Å². The van der Waals surface area contributed by atoms with Gasteiger partial charge in [0.2, 0.25) is 0 Å². The number of hydrogen-bond donors (Lipinski definition) is 0. The largest absolute Gasteiger partial charge is 0.813 e. The van der Waals surface area contributed by atoms with Gasteiger partial charge in [0.25, 0.3) is 0 Å². The topological polar surface area (TPSA) is 17.1 Å². The van der Waals surface area contributed by atoms with E-state index in [-0.39, 0.29) is 27.0 Å². The second-order valence-corrected chi connectivity index (χ2v) is 0. The molecule has 0 amide bonds. The molecule has 0 aromatic heterocycles. The fourth-order valence-electron chi connectivity index (χ4n) is 0. The van der Waals surface area contributed by atoms with Gasteiger partial charge < -0.3 is 27.0 Å². The van der Waals surface area contributed by atoms with E-state index in [1.807, 2.05) is 0 Å². The van der Waals surface area contributed by atoms with Gasteiger partial charge in [-0.15, -0.1) is 0 Å². The number of rotatable bonds is 0. The van der Waals surface area contributed by atoms with Crippen molar-refractivity contribution < 1.29 is 3.08 Å². The molecule has 0 saturated carbocycles. The summed E-state index contributed by atoms with van der Waals surface area (Å²) >= 11 is 0.300. The first-order valence-corrected chi connectivity index (χ1v) is 1.37. The van der Waals surface area contributed by atoms with Crippen molar-refractivity contribution in [1.29, 1.82) is 0 Å². The first kappa shape index (κ1) is 18.5. The molecule has 0 fully saturated rings. The van der Waals surface area contributed by atoms with Crippen LogP contribution in [0.3, 0.4) is 0 Å². The van der Waals surface area contributed by atoms with Gasteiger partial charge in [0.1, 0.15) is 0 Å². The minimum absolute atomic E-state index is 0. The van der Waals surface area contributed by atoms with Gasteiger partial charge in [0, 0.05) is 0 Å². The average Bonchev–Trinajstić information content (AvgIpc) is 1.00. The zero-order chi connectivity index (χ0) is 2.00. The molecule has 0 aliphatic heterocycles. The average molecular weight is 201 g/mol. The summed E-state index contributed by atoms with van der Waals surface area (Å²) in [7, 11) is 0. The Bertz CT molecular complexity index is 6.00. The minimum atomic E-state index is 0.